The van der Waals surface area contributed by atoms with Crippen LogP contribution >= 0.6 is 11.6 Å². The number of rotatable bonds is 6. The van der Waals surface area contributed by atoms with E-state index in [1.165, 1.54) is 18.5 Å². The molecule has 8 heteroatoms. The van der Waals surface area contributed by atoms with Gasteiger partial charge in [0.2, 0.25) is 0 Å². The zero-order chi connectivity index (χ0) is 14.5. The normalized spacial score (nSPS) is 10.7. The lowest BCUT2D eigenvalue weighted by molar-refractivity contribution is -0.384. The Morgan fingerprint density at radius 3 is 2.95 bits per heavy atom. The first-order valence-electron chi connectivity index (χ1n) is 6.12. The van der Waals surface area contributed by atoms with Crippen molar-refractivity contribution in [1.82, 2.24) is 20.1 Å². The topological polar surface area (TPSA) is 85.9 Å². The van der Waals surface area contributed by atoms with Crippen molar-refractivity contribution >= 4 is 17.3 Å². The zero-order valence-electron chi connectivity index (χ0n) is 10.9. The third-order valence-corrected chi connectivity index (χ3v) is 3.15. The van der Waals surface area contributed by atoms with E-state index in [2.05, 4.69) is 15.4 Å². The van der Waals surface area contributed by atoms with Gasteiger partial charge in [0.15, 0.2) is 0 Å². The minimum absolute atomic E-state index is 0.0230. The average Bonchev–Trinajstić information content (AvgIpc) is 2.85. The Balaban J connectivity index is 2.18. The molecule has 106 valence electrons. The van der Waals surface area contributed by atoms with Gasteiger partial charge in [0, 0.05) is 12.1 Å². The summed E-state index contributed by atoms with van der Waals surface area (Å²) in [4.78, 5) is 14.4. The Kier molecular flexibility index (Phi) is 4.65. The van der Waals surface area contributed by atoms with Crippen LogP contribution in [-0.2, 0) is 13.1 Å². The summed E-state index contributed by atoms with van der Waals surface area (Å²) in [5.74, 6) is 0.793. The lowest BCUT2D eigenvalue weighted by Crippen LogP contribution is -2.17. The van der Waals surface area contributed by atoms with Crippen molar-refractivity contribution in [3.63, 3.8) is 0 Å². The molecule has 0 bridgehead atoms. The first kappa shape index (κ1) is 14.4. The van der Waals surface area contributed by atoms with E-state index in [4.69, 9.17) is 11.6 Å². The number of benzene rings is 1. The van der Waals surface area contributed by atoms with Crippen LogP contribution in [0, 0.1) is 10.1 Å². The highest BCUT2D eigenvalue weighted by molar-refractivity contribution is 6.31. The molecule has 0 radical (unpaired) electrons. The SMILES string of the molecule is CCNCc1ncnn1Cc1ccc([N+](=O)[O-])cc1Cl. The van der Waals surface area contributed by atoms with E-state index in [0.717, 1.165) is 17.9 Å². The van der Waals surface area contributed by atoms with E-state index in [1.54, 1.807) is 10.7 Å². The lowest BCUT2D eigenvalue weighted by Gasteiger charge is -2.08. The molecular weight excluding hydrogens is 282 g/mol. The highest BCUT2D eigenvalue weighted by Crippen LogP contribution is 2.23. The Labute approximate surface area is 120 Å². The summed E-state index contributed by atoms with van der Waals surface area (Å²) in [5, 5.41) is 18.3. The van der Waals surface area contributed by atoms with Gasteiger partial charge in [-0.3, -0.25) is 10.1 Å². The fraction of sp³-hybridized carbons (Fsp3) is 0.333. The highest BCUT2D eigenvalue weighted by atomic mass is 35.5. The number of hydrogen-bond donors (Lipinski definition) is 1. The fourth-order valence-corrected chi connectivity index (χ4v) is 1.97. The summed E-state index contributed by atoms with van der Waals surface area (Å²) < 4.78 is 1.72. The smallest absolute Gasteiger partial charge is 0.270 e. The van der Waals surface area contributed by atoms with Crippen LogP contribution in [0.15, 0.2) is 24.5 Å². The van der Waals surface area contributed by atoms with E-state index in [9.17, 15) is 10.1 Å². The summed E-state index contributed by atoms with van der Waals surface area (Å²) in [6.07, 6.45) is 1.48. The fourth-order valence-electron chi connectivity index (χ4n) is 1.73. The molecule has 0 unspecified atom stereocenters. The second-order valence-corrected chi connectivity index (χ2v) is 4.55. The van der Waals surface area contributed by atoms with Gasteiger partial charge < -0.3 is 5.32 Å². The average molecular weight is 296 g/mol. The van der Waals surface area contributed by atoms with Gasteiger partial charge >= 0.3 is 0 Å². The molecule has 1 aromatic heterocycles. The molecule has 1 aromatic carbocycles. The molecule has 0 atom stereocenters. The zero-order valence-corrected chi connectivity index (χ0v) is 11.7. The summed E-state index contributed by atoms with van der Waals surface area (Å²) in [6, 6.07) is 4.42. The number of nitro benzene ring substituents is 1. The second kappa shape index (κ2) is 6.44. The molecule has 1 N–H and O–H groups in total. The maximum absolute atomic E-state index is 10.7. The summed E-state index contributed by atoms with van der Waals surface area (Å²) in [5.41, 5.74) is 0.741. The van der Waals surface area contributed by atoms with Gasteiger partial charge in [-0.1, -0.05) is 18.5 Å². The predicted molar refractivity (Wildman–Crippen MR) is 74.6 cm³/mol. The first-order valence-corrected chi connectivity index (χ1v) is 6.49. The molecule has 0 aliphatic carbocycles. The monoisotopic (exact) mass is 295 g/mol. The van der Waals surface area contributed by atoms with Gasteiger partial charge in [-0.25, -0.2) is 9.67 Å². The van der Waals surface area contributed by atoms with Crippen molar-refractivity contribution in [3.05, 3.63) is 51.1 Å². The molecule has 0 fully saturated rings. The summed E-state index contributed by atoms with van der Waals surface area (Å²) in [7, 11) is 0. The third-order valence-electron chi connectivity index (χ3n) is 2.80. The van der Waals surface area contributed by atoms with Crippen molar-refractivity contribution in [2.75, 3.05) is 6.54 Å². The molecule has 1 heterocycles. The number of non-ortho nitro benzene ring substituents is 1. The minimum Gasteiger partial charge on any atom is -0.310 e. The van der Waals surface area contributed by atoms with Crippen LogP contribution in [0.3, 0.4) is 0 Å². The van der Waals surface area contributed by atoms with Gasteiger partial charge in [0.1, 0.15) is 12.2 Å². The summed E-state index contributed by atoms with van der Waals surface area (Å²) in [6.45, 7) is 3.89. The van der Waals surface area contributed by atoms with Crippen molar-refractivity contribution in [3.8, 4) is 0 Å². The van der Waals surface area contributed by atoms with Crippen LogP contribution in [0.25, 0.3) is 0 Å². The van der Waals surface area contributed by atoms with Crippen LogP contribution in [0.2, 0.25) is 5.02 Å². The molecular formula is C12H14ClN5O2. The van der Waals surface area contributed by atoms with Crippen LogP contribution in [-0.4, -0.2) is 26.2 Å². The largest absolute Gasteiger partial charge is 0.310 e. The number of hydrogen-bond acceptors (Lipinski definition) is 5. The van der Waals surface area contributed by atoms with E-state index < -0.39 is 4.92 Å². The Morgan fingerprint density at radius 1 is 1.50 bits per heavy atom. The van der Waals surface area contributed by atoms with Crippen LogP contribution in [0.1, 0.15) is 18.3 Å². The molecule has 2 aromatic rings. The van der Waals surface area contributed by atoms with Crippen molar-refractivity contribution < 1.29 is 4.92 Å². The Hall–Kier alpha value is -1.99. The first-order chi connectivity index (χ1) is 9.61. The highest BCUT2D eigenvalue weighted by Gasteiger charge is 2.11. The maximum Gasteiger partial charge on any atom is 0.270 e. The van der Waals surface area contributed by atoms with Gasteiger partial charge in [-0.15, -0.1) is 0 Å². The third kappa shape index (κ3) is 3.31. The molecule has 20 heavy (non-hydrogen) atoms. The molecule has 0 amide bonds. The van der Waals surface area contributed by atoms with Gasteiger partial charge in [-0.2, -0.15) is 5.10 Å². The van der Waals surface area contributed by atoms with Gasteiger partial charge in [0.25, 0.3) is 5.69 Å². The predicted octanol–water partition coefficient (Wildman–Crippen LogP) is 2.00. The van der Waals surface area contributed by atoms with Crippen LogP contribution < -0.4 is 5.32 Å². The van der Waals surface area contributed by atoms with Crippen molar-refractivity contribution in [2.24, 2.45) is 0 Å². The standard InChI is InChI=1S/C12H14ClN5O2/c1-2-14-6-12-15-8-16-17(12)7-9-3-4-10(18(19)20)5-11(9)13/h3-5,8,14H,2,6-7H2,1H3. The van der Waals surface area contributed by atoms with Gasteiger partial charge in [0.05, 0.1) is 23.0 Å². The molecule has 2 rings (SSSR count). The summed E-state index contributed by atoms with van der Waals surface area (Å²) >= 11 is 6.07. The molecule has 0 saturated heterocycles. The Bertz CT molecular complexity index is 614. The number of nitrogens with one attached hydrogen (secondary N) is 1. The second-order valence-electron chi connectivity index (χ2n) is 4.15. The van der Waals surface area contributed by atoms with Gasteiger partial charge in [-0.05, 0) is 18.2 Å². The van der Waals surface area contributed by atoms with E-state index in [-0.39, 0.29) is 5.69 Å². The van der Waals surface area contributed by atoms with Crippen LogP contribution in [0.4, 0.5) is 5.69 Å². The lowest BCUT2D eigenvalue weighted by atomic mass is 10.2. The Morgan fingerprint density at radius 2 is 2.30 bits per heavy atom. The molecule has 0 aliphatic heterocycles. The van der Waals surface area contributed by atoms with E-state index >= 15 is 0 Å². The number of halogens is 1. The molecule has 0 spiro atoms. The van der Waals surface area contributed by atoms with E-state index in [1.807, 2.05) is 6.92 Å². The van der Waals surface area contributed by atoms with Crippen molar-refractivity contribution in [1.29, 1.82) is 0 Å². The number of aromatic nitrogens is 3. The number of nitro groups is 1. The maximum atomic E-state index is 10.7. The molecule has 0 saturated carbocycles. The quantitative estimate of drug-likeness (QED) is 0.650. The number of nitrogens with zero attached hydrogens (tertiary/aromatic N) is 4. The van der Waals surface area contributed by atoms with Crippen molar-refractivity contribution in [2.45, 2.75) is 20.0 Å². The van der Waals surface area contributed by atoms with Crippen LogP contribution in [0.5, 0.6) is 0 Å². The minimum atomic E-state index is -0.471. The molecule has 0 aliphatic rings. The van der Waals surface area contributed by atoms with E-state index in [0.29, 0.717) is 18.1 Å². The molecule has 7 nitrogen and oxygen atoms in total.